The average molecular weight is 442 g/mol. The summed E-state index contributed by atoms with van der Waals surface area (Å²) in [5, 5.41) is 18.4. The minimum atomic E-state index is -0.468. The number of rotatable bonds is 8. The van der Waals surface area contributed by atoms with E-state index in [0.29, 0.717) is 17.8 Å². The Morgan fingerprint density at radius 3 is 2.64 bits per heavy atom. The van der Waals surface area contributed by atoms with Crippen LogP contribution in [0, 0.1) is 17.0 Å². The Labute approximate surface area is 190 Å². The maximum absolute atomic E-state index is 12.7. The smallest absolute Gasteiger partial charge is 0.311 e. The van der Waals surface area contributed by atoms with Gasteiger partial charge in [0.2, 0.25) is 0 Å². The van der Waals surface area contributed by atoms with E-state index in [1.165, 1.54) is 6.07 Å². The number of nitrogens with one attached hydrogen (secondary N) is 1. The molecule has 1 amide bonds. The minimum absolute atomic E-state index is 0.0867. The molecule has 1 N–H and O–H groups in total. The first kappa shape index (κ1) is 21.8. The number of amides is 1. The second kappa shape index (κ2) is 9.78. The molecular weight excluding hydrogens is 420 g/mol. The monoisotopic (exact) mass is 442 g/mol. The lowest BCUT2D eigenvalue weighted by Gasteiger charge is -2.09. The van der Waals surface area contributed by atoms with Crippen molar-refractivity contribution < 1.29 is 14.5 Å². The summed E-state index contributed by atoms with van der Waals surface area (Å²) in [7, 11) is 0. The van der Waals surface area contributed by atoms with Crippen LogP contribution >= 0.6 is 0 Å². The van der Waals surface area contributed by atoms with E-state index in [4.69, 9.17) is 4.74 Å². The lowest BCUT2D eigenvalue weighted by Crippen LogP contribution is -2.12. The van der Waals surface area contributed by atoms with Gasteiger partial charge in [-0.2, -0.15) is 5.10 Å². The van der Waals surface area contributed by atoms with Gasteiger partial charge in [0.25, 0.3) is 5.91 Å². The standard InChI is InChI=1S/C25H22N4O4/c1-18-10-11-24(23(12-18)29(31)32)33-17-20-8-5-9-21(13-20)25(30)27-22-14-26-28(16-22)15-19-6-3-2-4-7-19/h2-14,16H,15,17H2,1H3,(H,27,30). The molecule has 0 radical (unpaired) electrons. The molecule has 0 spiro atoms. The summed E-state index contributed by atoms with van der Waals surface area (Å²) in [5.74, 6) is -0.0938. The highest BCUT2D eigenvalue weighted by molar-refractivity contribution is 6.04. The van der Waals surface area contributed by atoms with Gasteiger partial charge in [-0.05, 0) is 41.8 Å². The molecular formula is C25H22N4O4. The second-order valence-electron chi connectivity index (χ2n) is 7.58. The topological polar surface area (TPSA) is 99.3 Å². The SMILES string of the molecule is Cc1ccc(OCc2cccc(C(=O)Nc3cnn(Cc4ccccc4)c3)c2)c([N+](=O)[O-])c1. The van der Waals surface area contributed by atoms with Crippen LogP contribution in [0.15, 0.2) is 85.2 Å². The van der Waals surface area contributed by atoms with Gasteiger partial charge < -0.3 is 10.1 Å². The molecule has 1 heterocycles. The minimum Gasteiger partial charge on any atom is -0.482 e. The molecule has 4 rings (SSSR count). The Kier molecular flexibility index (Phi) is 6.45. The molecule has 0 unspecified atom stereocenters. The third-order valence-electron chi connectivity index (χ3n) is 4.97. The highest BCUT2D eigenvalue weighted by atomic mass is 16.6. The summed E-state index contributed by atoms with van der Waals surface area (Å²) >= 11 is 0. The van der Waals surface area contributed by atoms with Gasteiger partial charge in [0, 0.05) is 17.8 Å². The summed E-state index contributed by atoms with van der Waals surface area (Å²) in [6, 6.07) is 21.7. The molecule has 0 fully saturated rings. The highest BCUT2D eigenvalue weighted by Gasteiger charge is 2.15. The predicted octanol–water partition coefficient (Wildman–Crippen LogP) is 4.98. The van der Waals surface area contributed by atoms with Gasteiger partial charge in [-0.15, -0.1) is 0 Å². The Morgan fingerprint density at radius 1 is 1.06 bits per heavy atom. The quantitative estimate of drug-likeness (QED) is 0.306. The summed E-state index contributed by atoms with van der Waals surface area (Å²) in [6.07, 6.45) is 3.37. The van der Waals surface area contributed by atoms with Crippen LogP contribution in [0.4, 0.5) is 11.4 Å². The molecule has 8 heteroatoms. The first-order valence-corrected chi connectivity index (χ1v) is 10.3. The molecule has 3 aromatic carbocycles. The number of hydrogen-bond acceptors (Lipinski definition) is 5. The summed E-state index contributed by atoms with van der Waals surface area (Å²) in [6.45, 7) is 2.49. The van der Waals surface area contributed by atoms with E-state index < -0.39 is 4.92 Å². The molecule has 4 aromatic rings. The van der Waals surface area contributed by atoms with Crippen molar-refractivity contribution in [3.8, 4) is 5.75 Å². The van der Waals surface area contributed by atoms with Crippen LogP contribution < -0.4 is 10.1 Å². The maximum Gasteiger partial charge on any atom is 0.311 e. The molecule has 1 aromatic heterocycles. The Morgan fingerprint density at radius 2 is 1.85 bits per heavy atom. The number of hydrogen-bond donors (Lipinski definition) is 1. The van der Waals surface area contributed by atoms with Crippen molar-refractivity contribution in [2.75, 3.05) is 5.32 Å². The molecule has 166 valence electrons. The van der Waals surface area contributed by atoms with Crippen LogP contribution in [0.5, 0.6) is 5.75 Å². The van der Waals surface area contributed by atoms with Crippen molar-refractivity contribution in [1.29, 1.82) is 0 Å². The summed E-state index contributed by atoms with van der Waals surface area (Å²) in [4.78, 5) is 23.5. The molecule has 0 saturated carbocycles. The van der Waals surface area contributed by atoms with Crippen molar-refractivity contribution in [2.45, 2.75) is 20.1 Å². The lowest BCUT2D eigenvalue weighted by molar-refractivity contribution is -0.386. The van der Waals surface area contributed by atoms with Gasteiger partial charge in [-0.3, -0.25) is 19.6 Å². The van der Waals surface area contributed by atoms with Crippen LogP contribution in [0.3, 0.4) is 0 Å². The van der Waals surface area contributed by atoms with E-state index in [-0.39, 0.29) is 24.0 Å². The normalized spacial score (nSPS) is 10.6. The fourth-order valence-corrected chi connectivity index (χ4v) is 3.34. The lowest BCUT2D eigenvalue weighted by atomic mass is 10.1. The van der Waals surface area contributed by atoms with Gasteiger partial charge >= 0.3 is 5.69 Å². The largest absolute Gasteiger partial charge is 0.482 e. The molecule has 0 bridgehead atoms. The van der Waals surface area contributed by atoms with Crippen LogP contribution in [-0.2, 0) is 13.2 Å². The van der Waals surface area contributed by atoms with Gasteiger partial charge in [-0.25, -0.2) is 0 Å². The van der Waals surface area contributed by atoms with E-state index in [1.807, 2.05) is 30.3 Å². The predicted molar refractivity (Wildman–Crippen MR) is 124 cm³/mol. The number of carbonyl (C=O) groups excluding carboxylic acids is 1. The molecule has 0 aliphatic heterocycles. The summed E-state index contributed by atoms with van der Waals surface area (Å²) in [5.41, 5.74) is 3.56. The fourth-order valence-electron chi connectivity index (χ4n) is 3.34. The number of nitro groups is 1. The number of anilines is 1. The van der Waals surface area contributed by atoms with E-state index in [1.54, 1.807) is 60.4 Å². The van der Waals surface area contributed by atoms with Crippen LogP contribution in [-0.4, -0.2) is 20.6 Å². The zero-order chi connectivity index (χ0) is 23.2. The van der Waals surface area contributed by atoms with Crippen molar-refractivity contribution in [3.05, 3.63) is 118 Å². The second-order valence-corrected chi connectivity index (χ2v) is 7.58. The van der Waals surface area contributed by atoms with Crippen LogP contribution in [0.1, 0.15) is 27.0 Å². The number of nitrogens with zero attached hydrogens (tertiary/aromatic N) is 3. The third-order valence-corrected chi connectivity index (χ3v) is 4.97. The molecule has 33 heavy (non-hydrogen) atoms. The van der Waals surface area contributed by atoms with Crippen LogP contribution in [0.2, 0.25) is 0 Å². The van der Waals surface area contributed by atoms with Gasteiger partial charge in [0.1, 0.15) is 6.61 Å². The first-order valence-electron chi connectivity index (χ1n) is 10.3. The number of benzene rings is 3. The average Bonchev–Trinajstić information content (AvgIpc) is 3.25. The van der Waals surface area contributed by atoms with E-state index in [0.717, 1.165) is 16.7 Å². The molecule has 0 aliphatic rings. The van der Waals surface area contributed by atoms with Crippen LogP contribution in [0.25, 0.3) is 0 Å². The number of ether oxygens (including phenoxy) is 1. The van der Waals surface area contributed by atoms with Crippen molar-refractivity contribution in [3.63, 3.8) is 0 Å². The van der Waals surface area contributed by atoms with E-state index in [9.17, 15) is 14.9 Å². The van der Waals surface area contributed by atoms with Crippen molar-refractivity contribution in [1.82, 2.24) is 9.78 Å². The number of nitro benzene ring substituents is 1. The van der Waals surface area contributed by atoms with Crippen molar-refractivity contribution in [2.24, 2.45) is 0 Å². The fraction of sp³-hybridized carbons (Fsp3) is 0.120. The van der Waals surface area contributed by atoms with Gasteiger partial charge in [-0.1, -0.05) is 48.5 Å². The van der Waals surface area contributed by atoms with E-state index >= 15 is 0 Å². The first-order chi connectivity index (χ1) is 16.0. The zero-order valence-electron chi connectivity index (χ0n) is 18.0. The Bertz CT molecular complexity index is 1280. The van der Waals surface area contributed by atoms with Gasteiger partial charge in [0.15, 0.2) is 5.75 Å². The third kappa shape index (κ3) is 5.62. The zero-order valence-corrected chi connectivity index (χ0v) is 18.0. The Balaban J connectivity index is 1.40. The number of carbonyl (C=O) groups is 1. The summed E-state index contributed by atoms with van der Waals surface area (Å²) < 4.78 is 7.42. The van der Waals surface area contributed by atoms with E-state index in [2.05, 4.69) is 10.4 Å². The molecule has 0 atom stereocenters. The molecule has 8 nitrogen and oxygen atoms in total. The number of aryl methyl sites for hydroxylation is 1. The molecule has 0 saturated heterocycles. The van der Waals surface area contributed by atoms with Gasteiger partial charge in [0.05, 0.1) is 23.4 Å². The molecule has 0 aliphatic carbocycles. The number of aromatic nitrogens is 2. The highest BCUT2D eigenvalue weighted by Crippen LogP contribution is 2.28. The Hall–Kier alpha value is -4.46. The van der Waals surface area contributed by atoms with Crippen molar-refractivity contribution >= 4 is 17.3 Å². The maximum atomic E-state index is 12.7.